The number of piperidine rings is 1. The van der Waals surface area contributed by atoms with Crippen LogP contribution >= 0.6 is 0 Å². The second-order valence-electron chi connectivity index (χ2n) is 4.55. The van der Waals surface area contributed by atoms with Crippen LogP contribution in [0.2, 0.25) is 0 Å². The number of amides is 2. The molecular weight excluding hydrogens is 264 g/mol. The molecule has 1 aromatic carbocycles. The largest absolute Gasteiger partial charge is 0.318 e. The number of non-ortho nitro benzene ring substituents is 1. The molecule has 0 spiro atoms. The molecule has 1 fully saturated rings. The molecule has 102 valence electrons. The molecule has 0 radical (unpaired) electrons. The van der Waals surface area contributed by atoms with Crippen molar-refractivity contribution >= 4 is 28.5 Å². The normalized spacial score (nSPS) is 19.1. The van der Waals surface area contributed by atoms with Crippen molar-refractivity contribution in [1.29, 1.82) is 0 Å². The van der Waals surface area contributed by atoms with Crippen LogP contribution < -0.4 is 5.32 Å². The minimum atomic E-state index is -0.515. The number of nitrogens with one attached hydrogen (secondary N) is 1. The summed E-state index contributed by atoms with van der Waals surface area (Å²) in [6.07, 6.45) is 2.13. The first-order chi connectivity index (χ1) is 9.56. The van der Waals surface area contributed by atoms with Crippen LogP contribution in [-0.2, 0) is 9.59 Å². The molecule has 1 N–H and O–H groups in total. The molecule has 8 heteroatoms. The molecule has 0 aliphatic carbocycles. The van der Waals surface area contributed by atoms with Crippen molar-refractivity contribution in [2.24, 2.45) is 0 Å². The number of benzene rings is 1. The van der Waals surface area contributed by atoms with E-state index in [0.717, 1.165) is 0 Å². The van der Waals surface area contributed by atoms with Crippen LogP contribution in [-0.4, -0.2) is 26.3 Å². The molecule has 3 rings (SSSR count). The molecule has 1 aliphatic rings. The van der Waals surface area contributed by atoms with Crippen LogP contribution in [0.5, 0.6) is 0 Å². The molecule has 2 aromatic rings. The Morgan fingerprint density at radius 3 is 2.90 bits per heavy atom. The van der Waals surface area contributed by atoms with Crippen molar-refractivity contribution in [3.8, 4) is 0 Å². The number of nitro benzene ring substituents is 1. The third-order valence-electron chi connectivity index (χ3n) is 3.32. The van der Waals surface area contributed by atoms with Gasteiger partial charge in [-0.05, 0) is 12.5 Å². The number of rotatable bonds is 2. The maximum atomic E-state index is 11.8. The van der Waals surface area contributed by atoms with Crippen molar-refractivity contribution in [1.82, 2.24) is 14.9 Å². The van der Waals surface area contributed by atoms with E-state index in [1.807, 2.05) is 0 Å². The van der Waals surface area contributed by atoms with Gasteiger partial charge in [-0.25, -0.2) is 4.98 Å². The summed E-state index contributed by atoms with van der Waals surface area (Å²) < 4.78 is 1.64. The third-order valence-corrected chi connectivity index (χ3v) is 3.32. The quantitative estimate of drug-likeness (QED) is 0.498. The molecular formula is C12H10N4O4. The van der Waals surface area contributed by atoms with Crippen molar-refractivity contribution < 1.29 is 14.5 Å². The van der Waals surface area contributed by atoms with Crippen LogP contribution in [0.3, 0.4) is 0 Å². The Morgan fingerprint density at radius 2 is 2.20 bits per heavy atom. The highest BCUT2D eigenvalue weighted by atomic mass is 16.6. The number of nitro groups is 1. The number of hydrogen-bond donors (Lipinski definition) is 1. The molecule has 1 aromatic heterocycles. The summed E-state index contributed by atoms with van der Waals surface area (Å²) in [5.41, 5.74) is 1.03. The fourth-order valence-electron chi connectivity index (χ4n) is 2.33. The van der Waals surface area contributed by atoms with E-state index in [4.69, 9.17) is 0 Å². The molecule has 1 atom stereocenters. The Morgan fingerprint density at radius 1 is 1.40 bits per heavy atom. The highest BCUT2D eigenvalue weighted by Gasteiger charge is 2.29. The number of carbonyl (C=O) groups is 2. The van der Waals surface area contributed by atoms with Gasteiger partial charge in [-0.1, -0.05) is 0 Å². The Kier molecular flexibility index (Phi) is 2.70. The van der Waals surface area contributed by atoms with Gasteiger partial charge in [0.1, 0.15) is 6.04 Å². The number of hydrogen-bond acceptors (Lipinski definition) is 5. The smallest absolute Gasteiger partial charge is 0.271 e. The molecule has 1 aliphatic heterocycles. The molecule has 2 heterocycles. The summed E-state index contributed by atoms with van der Waals surface area (Å²) in [7, 11) is 0. The van der Waals surface area contributed by atoms with Gasteiger partial charge >= 0.3 is 0 Å². The van der Waals surface area contributed by atoms with Gasteiger partial charge in [-0.3, -0.25) is 25.0 Å². The maximum Gasteiger partial charge on any atom is 0.271 e. The van der Waals surface area contributed by atoms with Crippen LogP contribution in [0.4, 0.5) is 5.69 Å². The van der Waals surface area contributed by atoms with Crippen molar-refractivity contribution in [2.45, 2.75) is 18.9 Å². The van der Waals surface area contributed by atoms with E-state index < -0.39 is 11.0 Å². The topological polar surface area (TPSA) is 107 Å². The van der Waals surface area contributed by atoms with Crippen LogP contribution in [0.15, 0.2) is 24.5 Å². The Labute approximate surface area is 112 Å². The Balaban J connectivity index is 2.02. The number of fused-ring (bicyclic) bond motifs is 1. The monoisotopic (exact) mass is 274 g/mol. The van der Waals surface area contributed by atoms with Gasteiger partial charge in [0.2, 0.25) is 11.8 Å². The van der Waals surface area contributed by atoms with Gasteiger partial charge in [0.05, 0.1) is 22.3 Å². The van der Waals surface area contributed by atoms with Gasteiger partial charge in [0.15, 0.2) is 0 Å². The SMILES string of the molecule is O=C1CCC(n2cnc3cc([N+](=O)[O-])ccc32)C(=O)N1. The Hall–Kier alpha value is -2.77. The molecule has 8 nitrogen and oxygen atoms in total. The van der Waals surface area contributed by atoms with E-state index in [0.29, 0.717) is 17.5 Å². The average Bonchev–Trinajstić information content (AvgIpc) is 2.81. The van der Waals surface area contributed by atoms with Crippen LogP contribution in [0.25, 0.3) is 11.0 Å². The molecule has 1 saturated heterocycles. The van der Waals surface area contributed by atoms with Crippen LogP contribution in [0.1, 0.15) is 18.9 Å². The summed E-state index contributed by atoms with van der Waals surface area (Å²) in [6.45, 7) is 0. The lowest BCUT2D eigenvalue weighted by Crippen LogP contribution is -2.41. The minimum Gasteiger partial charge on any atom is -0.318 e. The number of imidazole rings is 1. The number of carbonyl (C=O) groups excluding carboxylic acids is 2. The summed E-state index contributed by atoms with van der Waals surface area (Å²) in [5, 5.41) is 13.0. The highest BCUT2D eigenvalue weighted by Crippen LogP contribution is 2.26. The zero-order valence-electron chi connectivity index (χ0n) is 10.3. The summed E-state index contributed by atoms with van der Waals surface area (Å²) in [5.74, 6) is -0.662. The maximum absolute atomic E-state index is 11.8. The standard InChI is InChI=1S/C12H10N4O4/c17-11-4-3-10(12(18)14-11)15-6-13-8-5-7(16(19)20)1-2-9(8)15/h1-2,5-6,10H,3-4H2,(H,14,17,18). The summed E-state index contributed by atoms with van der Waals surface area (Å²) >= 11 is 0. The zero-order valence-corrected chi connectivity index (χ0v) is 10.3. The van der Waals surface area contributed by atoms with Crippen molar-refractivity contribution in [3.63, 3.8) is 0 Å². The van der Waals surface area contributed by atoms with Gasteiger partial charge in [0, 0.05) is 18.6 Å². The average molecular weight is 274 g/mol. The molecule has 1 unspecified atom stereocenters. The van der Waals surface area contributed by atoms with E-state index >= 15 is 0 Å². The van der Waals surface area contributed by atoms with Gasteiger partial charge < -0.3 is 4.57 Å². The number of imide groups is 1. The van der Waals surface area contributed by atoms with Crippen LogP contribution in [0, 0.1) is 10.1 Å². The van der Waals surface area contributed by atoms with E-state index in [1.54, 1.807) is 10.6 Å². The lowest BCUT2D eigenvalue weighted by atomic mass is 10.1. The lowest BCUT2D eigenvalue weighted by molar-refractivity contribution is -0.384. The highest BCUT2D eigenvalue weighted by molar-refractivity contribution is 6.00. The fraction of sp³-hybridized carbons (Fsp3) is 0.250. The fourth-order valence-corrected chi connectivity index (χ4v) is 2.33. The first-order valence-electron chi connectivity index (χ1n) is 6.01. The lowest BCUT2D eigenvalue weighted by Gasteiger charge is -2.22. The second-order valence-corrected chi connectivity index (χ2v) is 4.55. The first-order valence-corrected chi connectivity index (χ1v) is 6.01. The van der Waals surface area contributed by atoms with E-state index in [2.05, 4.69) is 10.3 Å². The van der Waals surface area contributed by atoms with E-state index in [1.165, 1.54) is 18.5 Å². The van der Waals surface area contributed by atoms with Gasteiger partial charge in [-0.2, -0.15) is 0 Å². The third kappa shape index (κ3) is 1.91. The molecule has 2 amide bonds. The molecule has 0 saturated carbocycles. The zero-order chi connectivity index (χ0) is 14.3. The Bertz CT molecular complexity index is 736. The number of aromatic nitrogens is 2. The van der Waals surface area contributed by atoms with Gasteiger partial charge in [-0.15, -0.1) is 0 Å². The van der Waals surface area contributed by atoms with E-state index in [9.17, 15) is 19.7 Å². The van der Waals surface area contributed by atoms with Gasteiger partial charge in [0.25, 0.3) is 5.69 Å². The van der Waals surface area contributed by atoms with E-state index in [-0.39, 0.29) is 23.9 Å². The molecule has 0 bridgehead atoms. The molecule has 20 heavy (non-hydrogen) atoms. The summed E-state index contributed by atoms with van der Waals surface area (Å²) in [4.78, 5) is 37.3. The number of nitrogens with zero attached hydrogens (tertiary/aromatic N) is 3. The summed E-state index contributed by atoms with van der Waals surface area (Å²) in [6, 6.07) is 3.77. The minimum absolute atomic E-state index is 0.0500. The van der Waals surface area contributed by atoms with Crippen molar-refractivity contribution in [2.75, 3.05) is 0 Å². The second kappa shape index (κ2) is 4.41. The van der Waals surface area contributed by atoms with Crippen molar-refractivity contribution in [3.05, 3.63) is 34.6 Å². The first kappa shape index (κ1) is 12.3. The predicted octanol–water partition coefficient (Wildman–Crippen LogP) is 0.922. The predicted molar refractivity (Wildman–Crippen MR) is 67.8 cm³/mol.